The third kappa shape index (κ3) is 15.0. The van der Waals surface area contributed by atoms with Crippen LogP contribution >= 0.6 is 0 Å². The fraction of sp³-hybridized carbons (Fsp3) is 1.00. The Morgan fingerprint density at radius 3 is 1.68 bits per heavy atom. The molecule has 0 amide bonds. The normalized spacial score (nSPS) is 12.0. The molecule has 19 heavy (non-hydrogen) atoms. The Hall–Kier alpha value is 0.759. The van der Waals surface area contributed by atoms with E-state index in [2.05, 4.69) is 23.7 Å². The molecule has 0 fully saturated rings. The van der Waals surface area contributed by atoms with Crippen LogP contribution in [0.2, 0.25) is 14.3 Å². The molecule has 0 bridgehead atoms. The molecule has 0 aliphatic rings. The first-order chi connectivity index (χ1) is 9.12. The van der Waals surface area contributed by atoms with Crippen LogP contribution in [0, 0.1) is 0 Å². The number of hydrogen-bond donors (Lipinski definition) is 0. The van der Waals surface area contributed by atoms with Gasteiger partial charge in [0, 0.05) is 0 Å². The molecule has 0 N–H and O–H groups in total. The van der Waals surface area contributed by atoms with Crippen LogP contribution in [0.25, 0.3) is 0 Å². The predicted molar refractivity (Wildman–Crippen MR) is 90.4 cm³/mol. The van der Waals surface area contributed by atoms with Crippen LogP contribution in [0.1, 0.15) is 84.5 Å². The number of hydrogen-bond acceptors (Lipinski definition) is 1. The average molecular weight is 377 g/mol. The van der Waals surface area contributed by atoms with Crippen LogP contribution < -0.4 is 0 Å². The molecule has 0 saturated carbocycles. The van der Waals surface area contributed by atoms with Crippen molar-refractivity contribution in [1.82, 2.24) is 0 Å². The molecule has 116 valence electrons. The molecule has 0 radical (unpaired) electrons. The summed E-state index contributed by atoms with van der Waals surface area (Å²) in [5.74, 6) is 0. The molecule has 0 aromatic carbocycles. The number of unbranched alkanes of at least 4 members (excludes halogenated alkanes) is 9. The maximum absolute atomic E-state index is 6.25. The topological polar surface area (TPSA) is 9.23 Å². The summed E-state index contributed by atoms with van der Waals surface area (Å²) in [6.45, 7) is 5.60. The van der Waals surface area contributed by atoms with Gasteiger partial charge in [0.05, 0.1) is 0 Å². The maximum atomic E-state index is 6.25. The van der Waals surface area contributed by atoms with Crippen LogP contribution in [0.15, 0.2) is 0 Å². The minimum absolute atomic E-state index is 1.04. The van der Waals surface area contributed by atoms with Gasteiger partial charge >= 0.3 is 127 Å². The Bertz CT molecular complexity index is 162. The zero-order valence-corrected chi connectivity index (χ0v) is 17.0. The van der Waals surface area contributed by atoms with Crippen molar-refractivity contribution in [2.45, 2.75) is 98.8 Å². The fourth-order valence-corrected chi connectivity index (χ4v) is 8.00. The second-order valence-corrected chi connectivity index (χ2v) is 18.8. The molecule has 0 heterocycles. The molecule has 0 atom stereocenters. The van der Waals surface area contributed by atoms with Crippen molar-refractivity contribution in [2.75, 3.05) is 6.61 Å². The molecule has 0 rings (SSSR count). The summed E-state index contributed by atoms with van der Waals surface area (Å²) in [5, 5.41) is 0. The third-order valence-electron chi connectivity index (χ3n) is 3.87. The van der Waals surface area contributed by atoms with E-state index in [4.69, 9.17) is 3.07 Å². The van der Waals surface area contributed by atoms with Gasteiger partial charge in [-0.05, 0) is 0 Å². The van der Waals surface area contributed by atoms with Gasteiger partial charge in [-0.3, -0.25) is 0 Å². The molecule has 0 unspecified atom stereocenters. The van der Waals surface area contributed by atoms with Gasteiger partial charge in [0.25, 0.3) is 0 Å². The predicted octanol–water partition coefficient (Wildman–Crippen LogP) is 6.54. The Labute approximate surface area is 127 Å². The van der Waals surface area contributed by atoms with Crippen LogP contribution in [0.5, 0.6) is 0 Å². The van der Waals surface area contributed by atoms with E-state index in [0.717, 1.165) is 6.61 Å². The van der Waals surface area contributed by atoms with Crippen molar-refractivity contribution in [2.24, 2.45) is 0 Å². The molecular formula is C17H38OSn. The van der Waals surface area contributed by atoms with Gasteiger partial charge in [-0.25, -0.2) is 0 Å². The Balaban J connectivity index is 3.36. The first kappa shape index (κ1) is 19.8. The standard InChI is InChI=1S/C8H17.C7H15O.2CH3.Sn/c1-3-5-7-8-6-4-2;1-2-3-4-5-6-7-8;;;/h1,3-8H2,2H3;2-7H2,1H3;2*1H3;/q;-1;;;+1. The zero-order chi connectivity index (χ0) is 14.4. The van der Waals surface area contributed by atoms with E-state index >= 15 is 0 Å². The molecule has 0 aromatic rings. The van der Waals surface area contributed by atoms with Crippen molar-refractivity contribution in [3.8, 4) is 0 Å². The first-order valence-corrected chi connectivity index (χ1v) is 17.7. The molecule has 0 aliphatic heterocycles. The van der Waals surface area contributed by atoms with Crippen LogP contribution in [0.3, 0.4) is 0 Å². The van der Waals surface area contributed by atoms with E-state index in [1.807, 2.05) is 0 Å². The zero-order valence-electron chi connectivity index (χ0n) is 14.1. The summed E-state index contributed by atoms with van der Waals surface area (Å²) >= 11 is -2.07. The van der Waals surface area contributed by atoms with E-state index in [0.29, 0.717) is 0 Å². The van der Waals surface area contributed by atoms with Crippen LogP contribution in [0.4, 0.5) is 0 Å². The fourth-order valence-electron chi connectivity index (χ4n) is 2.46. The van der Waals surface area contributed by atoms with Crippen molar-refractivity contribution >= 4 is 18.8 Å². The van der Waals surface area contributed by atoms with Crippen LogP contribution in [-0.4, -0.2) is 25.4 Å². The van der Waals surface area contributed by atoms with E-state index in [1.165, 1.54) is 75.1 Å². The van der Waals surface area contributed by atoms with E-state index in [9.17, 15) is 0 Å². The summed E-state index contributed by atoms with van der Waals surface area (Å²) in [6, 6.07) is 0. The molecule has 0 aliphatic carbocycles. The third-order valence-corrected chi connectivity index (χ3v) is 11.1. The second-order valence-electron chi connectivity index (χ2n) is 6.54. The molecule has 2 heteroatoms. The van der Waals surface area contributed by atoms with Gasteiger partial charge in [-0.15, -0.1) is 0 Å². The quantitative estimate of drug-likeness (QED) is 0.247. The van der Waals surface area contributed by atoms with Gasteiger partial charge in [0.15, 0.2) is 0 Å². The number of rotatable bonds is 14. The minimum atomic E-state index is -2.07. The van der Waals surface area contributed by atoms with Gasteiger partial charge in [-0.2, -0.15) is 0 Å². The summed E-state index contributed by atoms with van der Waals surface area (Å²) in [7, 11) is 0. The molecule has 0 spiro atoms. The van der Waals surface area contributed by atoms with E-state index in [1.54, 1.807) is 0 Å². The van der Waals surface area contributed by atoms with Crippen LogP contribution in [-0.2, 0) is 3.07 Å². The summed E-state index contributed by atoms with van der Waals surface area (Å²) < 4.78 is 7.67. The van der Waals surface area contributed by atoms with Crippen molar-refractivity contribution in [3.63, 3.8) is 0 Å². The first-order valence-electron chi connectivity index (χ1n) is 8.76. The second kappa shape index (κ2) is 13.7. The van der Waals surface area contributed by atoms with Gasteiger partial charge in [0.1, 0.15) is 0 Å². The monoisotopic (exact) mass is 378 g/mol. The van der Waals surface area contributed by atoms with Gasteiger partial charge in [-0.1, -0.05) is 0 Å². The van der Waals surface area contributed by atoms with Gasteiger partial charge in [0.2, 0.25) is 0 Å². The average Bonchev–Trinajstić information content (AvgIpc) is 2.38. The van der Waals surface area contributed by atoms with Crippen molar-refractivity contribution in [3.05, 3.63) is 0 Å². The van der Waals surface area contributed by atoms with Crippen molar-refractivity contribution < 1.29 is 3.07 Å². The molecule has 0 saturated heterocycles. The van der Waals surface area contributed by atoms with E-state index in [-0.39, 0.29) is 0 Å². The van der Waals surface area contributed by atoms with E-state index < -0.39 is 18.8 Å². The summed E-state index contributed by atoms with van der Waals surface area (Å²) in [5.41, 5.74) is 0. The summed E-state index contributed by atoms with van der Waals surface area (Å²) in [6.07, 6.45) is 15.3. The summed E-state index contributed by atoms with van der Waals surface area (Å²) in [4.78, 5) is 4.93. The van der Waals surface area contributed by atoms with Crippen molar-refractivity contribution in [1.29, 1.82) is 0 Å². The van der Waals surface area contributed by atoms with Gasteiger partial charge < -0.3 is 0 Å². The molecule has 0 aromatic heterocycles. The molecule has 1 nitrogen and oxygen atoms in total. The Morgan fingerprint density at radius 2 is 1.11 bits per heavy atom. The molecular weight excluding hydrogens is 339 g/mol. The Kier molecular flexibility index (Phi) is 14.3. The Morgan fingerprint density at radius 1 is 0.632 bits per heavy atom. The SMILES string of the molecule is CCCCCCC[CH2][Sn]([CH3])([CH3])[O]CCCCCCC.